The molecule has 366 valence electrons. The van der Waals surface area contributed by atoms with Crippen molar-refractivity contribution in [1.29, 1.82) is 0 Å². The molecular weight excluding hydrogens is 745 g/mol. The highest BCUT2D eigenvalue weighted by molar-refractivity contribution is 4.69. The largest absolute Gasteiger partial charge is 0.379 e. The Morgan fingerprint density at radius 1 is 0.400 bits per heavy atom. The van der Waals surface area contributed by atoms with Gasteiger partial charge in [-0.1, -0.05) is 70.2 Å². The molecule has 7 heterocycles. The molecule has 7 aliphatic heterocycles. The van der Waals surface area contributed by atoms with E-state index in [1.807, 2.05) is 0 Å². The van der Waals surface area contributed by atoms with Gasteiger partial charge in [0.05, 0.1) is 13.2 Å². The van der Waals surface area contributed by atoms with Crippen LogP contribution in [0.3, 0.4) is 0 Å². The standard InChI is InChI=1S/C8H17N.C7H16N2.2C7H15N.2C6H14N2.C5H11NO.3CH4/c1-3-9-6-4-5-8(2)7-9;1-3-9-6-4-8(2)5-7-9;1-7-3-5-8(2)6-4-7;1-2-8-6-4-3-5-7-8;1-7-3-5-8(2)6-4-7;1-2-8-5-3-4-7-6-8;1-6-2-4-7-5-3-6;;;/h8H,3-7H2,1-2H3;3-7H2,1-2H3;7H,3-6H2,1-2H3;2-7H2,1H3;3-6H2,1-2H3;7H,2-6H2,1H3;2-5H2,1H3;3*1H4. The third-order valence-electron chi connectivity index (χ3n) is 12.7. The van der Waals surface area contributed by atoms with E-state index in [1.165, 1.54) is 182 Å². The highest BCUT2D eigenvalue weighted by atomic mass is 16.5. The Morgan fingerprint density at radius 3 is 1.13 bits per heavy atom. The Morgan fingerprint density at radius 2 is 0.800 bits per heavy atom. The number of ether oxygens (including phenoxy) is 1. The lowest BCUT2D eigenvalue weighted by molar-refractivity contribution is 0.0503. The van der Waals surface area contributed by atoms with Crippen LogP contribution in [-0.4, -0.2) is 243 Å². The van der Waals surface area contributed by atoms with Crippen molar-refractivity contribution < 1.29 is 4.74 Å². The Bertz CT molecular complexity index is 774. The van der Waals surface area contributed by atoms with Gasteiger partial charge in [0.2, 0.25) is 0 Å². The number of piperazine rings is 2. The summed E-state index contributed by atoms with van der Waals surface area (Å²) in [5.41, 5.74) is 0. The van der Waals surface area contributed by atoms with Crippen molar-refractivity contribution in [2.24, 2.45) is 11.8 Å². The molecule has 0 radical (unpaired) electrons. The minimum atomic E-state index is 0. The van der Waals surface area contributed by atoms with E-state index in [2.05, 4.69) is 126 Å². The van der Waals surface area contributed by atoms with E-state index in [-0.39, 0.29) is 22.3 Å². The molecule has 0 aromatic carbocycles. The van der Waals surface area contributed by atoms with Crippen molar-refractivity contribution in [3.8, 4) is 0 Å². The second kappa shape index (κ2) is 42.5. The molecule has 0 aromatic heterocycles. The average Bonchev–Trinajstić information content (AvgIpc) is 3.25. The van der Waals surface area contributed by atoms with Crippen molar-refractivity contribution in [1.82, 2.24) is 49.4 Å². The minimum Gasteiger partial charge on any atom is -0.379 e. The SMILES string of the molecule is C.C.C.CC1CCN(C)CC1.CCN1CCCC(C)C1.CCN1CCCCC1.CCN1CCCNC1.CCN1CCN(C)CC1.CN1CCN(C)CC1.CN1CCOCC1. The molecule has 11 nitrogen and oxygen atoms in total. The lowest BCUT2D eigenvalue weighted by Crippen LogP contribution is -2.44. The Balaban J connectivity index is -0.000000627. The van der Waals surface area contributed by atoms with Crippen LogP contribution in [0.25, 0.3) is 0 Å². The number of hydrogen-bond acceptors (Lipinski definition) is 11. The third-order valence-corrected chi connectivity index (χ3v) is 12.7. The molecule has 7 saturated heterocycles. The zero-order valence-corrected chi connectivity index (χ0v) is 40.4. The molecule has 0 saturated carbocycles. The van der Waals surface area contributed by atoms with Crippen molar-refractivity contribution in [3.63, 3.8) is 0 Å². The van der Waals surface area contributed by atoms with Gasteiger partial charge in [0.25, 0.3) is 0 Å². The fourth-order valence-corrected chi connectivity index (χ4v) is 7.73. The van der Waals surface area contributed by atoms with Crippen molar-refractivity contribution >= 4 is 0 Å². The highest BCUT2D eigenvalue weighted by Crippen LogP contribution is 2.15. The molecule has 0 aliphatic carbocycles. The zero-order valence-electron chi connectivity index (χ0n) is 40.4. The maximum atomic E-state index is 5.10. The number of nitrogens with zero attached hydrogens (tertiary/aromatic N) is 9. The van der Waals surface area contributed by atoms with E-state index in [0.717, 1.165) is 44.8 Å². The van der Waals surface area contributed by atoms with E-state index < -0.39 is 0 Å². The van der Waals surface area contributed by atoms with Crippen LogP contribution >= 0.6 is 0 Å². The van der Waals surface area contributed by atoms with Gasteiger partial charge in [-0.2, -0.15) is 0 Å². The predicted octanol–water partition coefficient (Wildman–Crippen LogP) is 6.81. The van der Waals surface area contributed by atoms with E-state index in [9.17, 15) is 0 Å². The molecule has 1 atom stereocenters. The first kappa shape index (κ1) is 63.8. The van der Waals surface area contributed by atoms with E-state index in [1.54, 1.807) is 0 Å². The molecule has 0 spiro atoms. The van der Waals surface area contributed by atoms with Crippen molar-refractivity contribution in [2.45, 2.75) is 115 Å². The van der Waals surface area contributed by atoms with Gasteiger partial charge in [-0.05, 0) is 157 Å². The number of rotatable bonds is 4. The van der Waals surface area contributed by atoms with Crippen LogP contribution in [0.2, 0.25) is 0 Å². The predicted molar refractivity (Wildman–Crippen MR) is 270 cm³/mol. The molecule has 7 aliphatic rings. The van der Waals surface area contributed by atoms with Gasteiger partial charge in [-0.15, -0.1) is 0 Å². The molecular formula is C49H114N10O. The summed E-state index contributed by atoms with van der Waals surface area (Å²) in [4.78, 5) is 21.7. The molecule has 7 fully saturated rings. The Labute approximate surface area is 379 Å². The molecule has 7 rings (SSSR count). The summed E-state index contributed by atoms with van der Waals surface area (Å²) in [7, 11) is 10.8. The molecule has 1 N–H and O–H groups in total. The first-order valence-electron chi connectivity index (χ1n) is 24.1. The molecule has 0 aromatic rings. The first-order chi connectivity index (χ1) is 27.5. The maximum absolute atomic E-state index is 5.10. The van der Waals surface area contributed by atoms with Gasteiger partial charge in [0.1, 0.15) is 0 Å². The van der Waals surface area contributed by atoms with Gasteiger partial charge in [0, 0.05) is 85.2 Å². The minimum absolute atomic E-state index is 0. The molecule has 0 bridgehead atoms. The Hall–Kier alpha value is -0.440. The number of likely N-dealkylation sites (N-methyl/N-ethyl adjacent to an activating group) is 5. The maximum Gasteiger partial charge on any atom is 0.0594 e. The van der Waals surface area contributed by atoms with E-state index in [4.69, 9.17) is 4.74 Å². The summed E-state index contributed by atoms with van der Waals surface area (Å²) in [6, 6.07) is 0. The normalized spacial score (nSPS) is 24.6. The third kappa shape index (κ3) is 36.0. The summed E-state index contributed by atoms with van der Waals surface area (Å²) in [5, 5.41) is 3.31. The average molecular weight is 860 g/mol. The van der Waals surface area contributed by atoms with Crippen LogP contribution in [0.1, 0.15) is 115 Å². The van der Waals surface area contributed by atoms with Gasteiger partial charge < -0.3 is 49.3 Å². The smallest absolute Gasteiger partial charge is 0.0594 e. The molecule has 1 unspecified atom stereocenters. The zero-order chi connectivity index (χ0) is 42.1. The van der Waals surface area contributed by atoms with Crippen LogP contribution < -0.4 is 5.32 Å². The molecule has 60 heavy (non-hydrogen) atoms. The topological polar surface area (TPSA) is 50.4 Å². The van der Waals surface area contributed by atoms with Crippen LogP contribution in [0.4, 0.5) is 0 Å². The summed E-state index contributed by atoms with van der Waals surface area (Å²) < 4.78 is 5.10. The summed E-state index contributed by atoms with van der Waals surface area (Å²) in [6.07, 6.45) is 11.3. The fourth-order valence-electron chi connectivity index (χ4n) is 7.73. The van der Waals surface area contributed by atoms with E-state index >= 15 is 0 Å². The van der Waals surface area contributed by atoms with Crippen molar-refractivity contribution in [3.05, 3.63) is 0 Å². The monoisotopic (exact) mass is 859 g/mol. The summed E-state index contributed by atoms with van der Waals surface area (Å²) >= 11 is 0. The van der Waals surface area contributed by atoms with Crippen LogP contribution in [0.5, 0.6) is 0 Å². The Kier molecular flexibility index (Phi) is 45.2. The van der Waals surface area contributed by atoms with Gasteiger partial charge in [-0.3, -0.25) is 4.90 Å². The number of piperidine rings is 3. The second-order valence-electron chi connectivity index (χ2n) is 18.1. The number of nitrogens with one attached hydrogen (secondary N) is 1. The number of morpholine rings is 1. The fraction of sp³-hybridized carbons (Fsp3) is 1.00. The molecule has 11 heteroatoms. The first-order valence-corrected chi connectivity index (χ1v) is 24.1. The van der Waals surface area contributed by atoms with Crippen LogP contribution in [0, 0.1) is 11.8 Å². The van der Waals surface area contributed by atoms with Gasteiger partial charge >= 0.3 is 0 Å². The number of likely N-dealkylation sites (tertiary alicyclic amines) is 3. The number of hydrogen-bond donors (Lipinski definition) is 1. The van der Waals surface area contributed by atoms with Gasteiger partial charge in [0.15, 0.2) is 0 Å². The lowest BCUT2D eigenvalue weighted by Gasteiger charge is -2.31. The lowest BCUT2D eigenvalue weighted by atomic mass is 10.00. The van der Waals surface area contributed by atoms with E-state index in [0.29, 0.717) is 0 Å². The molecule has 0 amide bonds. The quantitative estimate of drug-likeness (QED) is 0.325. The summed E-state index contributed by atoms with van der Waals surface area (Å²) in [5.74, 6) is 1.92. The second-order valence-corrected chi connectivity index (χ2v) is 18.1. The van der Waals surface area contributed by atoms with Gasteiger partial charge in [-0.25, -0.2) is 0 Å². The van der Waals surface area contributed by atoms with Crippen LogP contribution in [-0.2, 0) is 4.74 Å². The summed E-state index contributed by atoms with van der Waals surface area (Å²) in [6.45, 7) is 44.0. The van der Waals surface area contributed by atoms with Crippen molar-refractivity contribution in [2.75, 3.05) is 199 Å². The van der Waals surface area contributed by atoms with Crippen LogP contribution in [0.15, 0.2) is 0 Å². The highest BCUT2D eigenvalue weighted by Gasteiger charge is 2.14.